The summed E-state index contributed by atoms with van der Waals surface area (Å²) in [6.07, 6.45) is -0.431. The van der Waals surface area contributed by atoms with Crippen molar-refractivity contribution >= 4 is 29.1 Å². The molecule has 0 spiro atoms. The Hall–Kier alpha value is -3.29. The fourth-order valence-corrected chi connectivity index (χ4v) is 4.78. The number of methoxy groups -OCH3 is 1. The molecule has 8 heteroatoms. The fourth-order valence-electron chi connectivity index (χ4n) is 3.76. The number of benzene rings is 3. The number of aromatic nitrogens is 3. The van der Waals surface area contributed by atoms with Crippen LogP contribution in [0.1, 0.15) is 40.3 Å². The highest BCUT2D eigenvalue weighted by atomic mass is 35.5. The molecule has 3 aromatic carbocycles. The lowest BCUT2D eigenvalue weighted by molar-refractivity contribution is 0.102. The minimum Gasteiger partial charge on any atom is -0.496 e. The summed E-state index contributed by atoms with van der Waals surface area (Å²) in [5, 5.41) is 9.95. The molecule has 0 radical (unpaired) electrons. The second-order valence-electron chi connectivity index (χ2n) is 8.05. The zero-order chi connectivity index (χ0) is 24.9. The average molecular weight is 508 g/mol. The third kappa shape index (κ3) is 5.52. The van der Waals surface area contributed by atoms with Gasteiger partial charge in [-0.05, 0) is 68.3 Å². The van der Waals surface area contributed by atoms with Crippen molar-refractivity contribution in [2.24, 2.45) is 0 Å². The summed E-state index contributed by atoms with van der Waals surface area (Å²) >= 11 is 7.63. The van der Waals surface area contributed by atoms with Crippen molar-refractivity contribution in [1.82, 2.24) is 14.8 Å². The average Bonchev–Trinajstić information content (AvgIpc) is 3.29. The van der Waals surface area contributed by atoms with Crippen LogP contribution in [-0.2, 0) is 0 Å². The Morgan fingerprint density at radius 3 is 2.43 bits per heavy atom. The van der Waals surface area contributed by atoms with Crippen LogP contribution in [0, 0.1) is 13.8 Å². The third-order valence-electron chi connectivity index (χ3n) is 5.55. The number of thioether (sulfide) groups is 1. The number of nitrogens with zero attached hydrogens (tertiary/aromatic N) is 3. The Kier molecular flexibility index (Phi) is 7.78. The van der Waals surface area contributed by atoms with Crippen LogP contribution in [0.2, 0.25) is 5.02 Å². The van der Waals surface area contributed by atoms with Crippen molar-refractivity contribution in [3.63, 3.8) is 0 Å². The van der Waals surface area contributed by atoms with Crippen LogP contribution in [-0.4, -0.2) is 33.4 Å². The SMILES string of the molecule is COc1cc(C)c(C(=O)CSc2nnc(C(C)Oc3ccccc3Cl)n2-c2ccccc2)cc1C. The molecule has 4 rings (SSSR count). The molecular weight excluding hydrogens is 482 g/mol. The van der Waals surface area contributed by atoms with E-state index in [0.717, 1.165) is 22.6 Å². The number of aryl methyl sites for hydroxylation is 2. The van der Waals surface area contributed by atoms with E-state index in [0.29, 0.717) is 27.3 Å². The third-order valence-corrected chi connectivity index (χ3v) is 6.79. The van der Waals surface area contributed by atoms with Crippen molar-refractivity contribution in [1.29, 1.82) is 0 Å². The molecule has 1 atom stereocenters. The first-order valence-electron chi connectivity index (χ1n) is 11.1. The van der Waals surface area contributed by atoms with Crippen LogP contribution < -0.4 is 9.47 Å². The molecule has 0 N–H and O–H groups in total. The highest BCUT2D eigenvalue weighted by Crippen LogP contribution is 2.31. The van der Waals surface area contributed by atoms with Gasteiger partial charge in [0, 0.05) is 11.3 Å². The molecule has 35 heavy (non-hydrogen) atoms. The second kappa shape index (κ2) is 11.0. The monoisotopic (exact) mass is 507 g/mol. The Balaban J connectivity index is 1.61. The Morgan fingerprint density at radius 2 is 1.71 bits per heavy atom. The van der Waals surface area contributed by atoms with Crippen LogP contribution in [0.4, 0.5) is 0 Å². The molecule has 0 bridgehead atoms. The van der Waals surface area contributed by atoms with Crippen LogP contribution in [0.15, 0.2) is 71.9 Å². The van der Waals surface area contributed by atoms with Gasteiger partial charge in [-0.15, -0.1) is 10.2 Å². The van der Waals surface area contributed by atoms with Crippen LogP contribution >= 0.6 is 23.4 Å². The van der Waals surface area contributed by atoms with Gasteiger partial charge in [0.05, 0.1) is 17.9 Å². The summed E-state index contributed by atoms with van der Waals surface area (Å²) in [5.74, 6) is 2.19. The number of hydrogen-bond acceptors (Lipinski definition) is 6. The van der Waals surface area contributed by atoms with E-state index in [4.69, 9.17) is 21.1 Å². The largest absolute Gasteiger partial charge is 0.496 e. The van der Waals surface area contributed by atoms with Crippen molar-refractivity contribution in [3.05, 3.63) is 94.3 Å². The van der Waals surface area contributed by atoms with E-state index in [1.807, 2.05) is 86.0 Å². The molecular formula is C27H26ClN3O3S. The lowest BCUT2D eigenvalue weighted by atomic mass is 10.0. The minimum absolute atomic E-state index is 0.0165. The number of halogens is 1. The van der Waals surface area contributed by atoms with Gasteiger partial charge in [0.25, 0.3) is 0 Å². The van der Waals surface area contributed by atoms with Gasteiger partial charge in [0.1, 0.15) is 11.5 Å². The highest BCUT2D eigenvalue weighted by molar-refractivity contribution is 7.99. The molecule has 0 aliphatic heterocycles. The summed E-state index contributed by atoms with van der Waals surface area (Å²) in [5.41, 5.74) is 3.36. The number of Topliss-reactive ketones (excluding diaryl/α,β-unsaturated/α-hetero) is 1. The van der Waals surface area contributed by atoms with Gasteiger partial charge < -0.3 is 9.47 Å². The van der Waals surface area contributed by atoms with E-state index in [2.05, 4.69) is 10.2 Å². The molecule has 4 aromatic rings. The number of para-hydroxylation sites is 2. The molecule has 180 valence electrons. The molecule has 1 unspecified atom stereocenters. The Morgan fingerprint density at radius 1 is 1.00 bits per heavy atom. The summed E-state index contributed by atoms with van der Waals surface area (Å²) < 4.78 is 13.4. The molecule has 0 amide bonds. The first-order valence-corrected chi connectivity index (χ1v) is 12.5. The molecule has 0 fully saturated rings. The Bertz CT molecular complexity index is 1340. The van der Waals surface area contributed by atoms with E-state index in [9.17, 15) is 4.79 Å². The van der Waals surface area contributed by atoms with Crippen LogP contribution in [0.5, 0.6) is 11.5 Å². The van der Waals surface area contributed by atoms with Gasteiger partial charge in [-0.25, -0.2) is 0 Å². The first-order chi connectivity index (χ1) is 16.9. The zero-order valence-electron chi connectivity index (χ0n) is 20.0. The van der Waals surface area contributed by atoms with Crippen molar-refractivity contribution in [2.75, 3.05) is 12.9 Å². The first kappa shape index (κ1) is 24.8. The fraction of sp³-hybridized carbons (Fsp3) is 0.222. The van der Waals surface area contributed by atoms with Gasteiger partial charge in [0.15, 0.2) is 22.9 Å². The predicted molar refractivity (Wildman–Crippen MR) is 139 cm³/mol. The summed E-state index contributed by atoms with van der Waals surface area (Å²) in [4.78, 5) is 13.1. The van der Waals surface area contributed by atoms with Gasteiger partial charge in [-0.1, -0.05) is 53.7 Å². The topological polar surface area (TPSA) is 66.2 Å². The van der Waals surface area contributed by atoms with E-state index in [-0.39, 0.29) is 11.5 Å². The molecule has 0 aliphatic rings. The number of carbonyl (C=O) groups excluding carboxylic acids is 1. The smallest absolute Gasteiger partial charge is 0.196 e. The van der Waals surface area contributed by atoms with Crippen LogP contribution in [0.25, 0.3) is 5.69 Å². The maximum Gasteiger partial charge on any atom is 0.196 e. The van der Waals surface area contributed by atoms with Gasteiger partial charge in [-0.3, -0.25) is 9.36 Å². The summed E-state index contributed by atoms with van der Waals surface area (Å²) in [6.45, 7) is 5.74. The standard InChI is InChI=1S/C27H26ClN3O3S/c1-17-15-25(33-4)18(2)14-21(17)23(32)16-35-27-30-29-26(31(27)20-10-6-5-7-11-20)19(3)34-24-13-9-8-12-22(24)28/h5-15,19H,16H2,1-4H3. The molecule has 0 saturated carbocycles. The van der Waals surface area contributed by atoms with E-state index in [1.165, 1.54) is 11.8 Å². The summed E-state index contributed by atoms with van der Waals surface area (Å²) in [7, 11) is 1.63. The van der Waals surface area contributed by atoms with Crippen molar-refractivity contribution in [2.45, 2.75) is 32.0 Å². The highest BCUT2D eigenvalue weighted by Gasteiger charge is 2.23. The number of ether oxygens (including phenoxy) is 2. The van der Waals surface area contributed by atoms with Crippen LogP contribution in [0.3, 0.4) is 0 Å². The number of hydrogen-bond donors (Lipinski definition) is 0. The predicted octanol–water partition coefficient (Wildman–Crippen LogP) is 6.66. The lowest BCUT2D eigenvalue weighted by Crippen LogP contribution is -2.12. The van der Waals surface area contributed by atoms with Gasteiger partial charge in [-0.2, -0.15) is 0 Å². The number of ketones is 1. The molecule has 6 nitrogen and oxygen atoms in total. The lowest BCUT2D eigenvalue weighted by Gasteiger charge is -2.17. The maximum absolute atomic E-state index is 13.1. The molecule has 1 heterocycles. The van der Waals surface area contributed by atoms with E-state index in [1.54, 1.807) is 13.2 Å². The number of carbonyl (C=O) groups is 1. The zero-order valence-corrected chi connectivity index (χ0v) is 21.6. The van der Waals surface area contributed by atoms with Crippen molar-refractivity contribution < 1.29 is 14.3 Å². The molecule has 0 aliphatic carbocycles. The normalized spacial score (nSPS) is 11.8. The Labute approximate surface area is 214 Å². The second-order valence-corrected chi connectivity index (χ2v) is 9.40. The van der Waals surface area contributed by atoms with E-state index >= 15 is 0 Å². The van der Waals surface area contributed by atoms with Crippen molar-refractivity contribution in [3.8, 4) is 17.2 Å². The number of rotatable bonds is 9. The summed E-state index contributed by atoms with van der Waals surface area (Å²) in [6, 6.07) is 20.9. The quantitative estimate of drug-likeness (QED) is 0.186. The maximum atomic E-state index is 13.1. The van der Waals surface area contributed by atoms with E-state index < -0.39 is 6.10 Å². The van der Waals surface area contributed by atoms with Gasteiger partial charge in [0.2, 0.25) is 0 Å². The van der Waals surface area contributed by atoms with Gasteiger partial charge >= 0.3 is 0 Å². The molecule has 1 aromatic heterocycles. The molecule has 0 saturated heterocycles. The minimum atomic E-state index is -0.431.